The molecule has 0 unspecified atom stereocenters. The van der Waals surface area contributed by atoms with E-state index in [1.54, 1.807) is 6.20 Å². The van der Waals surface area contributed by atoms with E-state index in [1.165, 1.54) is 14.0 Å². The Morgan fingerprint density at radius 2 is 1.45 bits per heavy atom. The number of nitrogens with one attached hydrogen (secondary N) is 5. The van der Waals surface area contributed by atoms with Gasteiger partial charge in [0.1, 0.15) is 11.9 Å². The van der Waals surface area contributed by atoms with E-state index in [4.69, 9.17) is 0 Å². The van der Waals surface area contributed by atoms with Crippen molar-refractivity contribution in [3.8, 4) is 33.6 Å². The highest BCUT2D eigenvalue weighted by Crippen LogP contribution is 2.33. The van der Waals surface area contributed by atoms with E-state index in [0.717, 1.165) is 52.3 Å². The molecule has 4 amide bonds. The van der Waals surface area contributed by atoms with Crippen molar-refractivity contribution >= 4 is 23.8 Å². The number of H-pyrrole nitrogens is 2. The number of benzene rings is 2. The van der Waals surface area contributed by atoms with E-state index in [0.29, 0.717) is 12.5 Å². The van der Waals surface area contributed by atoms with Crippen molar-refractivity contribution in [2.45, 2.75) is 45.7 Å². The van der Waals surface area contributed by atoms with E-state index >= 15 is 0 Å². The summed E-state index contributed by atoms with van der Waals surface area (Å²) in [6.45, 7) is 5.92. The molecule has 5 N–H and O–H groups in total. The van der Waals surface area contributed by atoms with Crippen LogP contribution in [0.1, 0.15) is 45.5 Å². The molecule has 5 rings (SSSR count). The van der Waals surface area contributed by atoms with Crippen molar-refractivity contribution in [3.05, 3.63) is 66.7 Å². The van der Waals surface area contributed by atoms with E-state index < -0.39 is 6.04 Å². The highest BCUT2D eigenvalue weighted by atomic mass is 16.2. The maximum atomic E-state index is 13.4. The summed E-state index contributed by atoms with van der Waals surface area (Å²) >= 11 is 0. The second-order valence-electron chi connectivity index (χ2n) is 10.8. The van der Waals surface area contributed by atoms with Crippen LogP contribution in [0.2, 0.25) is 0 Å². The molecule has 42 heavy (non-hydrogen) atoms. The molecule has 4 aromatic rings. The monoisotopic (exact) mass is 568 g/mol. The molecule has 0 saturated carbocycles. The zero-order valence-corrected chi connectivity index (χ0v) is 24.2. The molecule has 0 bridgehead atoms. The van der Waals surface area contributed by atoms with Gasteiger partial charge in [0.25, 0.3) is 0 Å². The molecular weight excluding hydrogens is 532 g/mol. The van der Waals surface area contributed by atoms with Gasteiger partial charge in [0, 0.05) is 20.5 Å². The number of amides is 4. The summed E-state index contributed by atoms with van der Waals surface area (Å²) in [4.78, 5) is 53.8. The number of hydrogen-bond donors (Lipinski definition) is 5. The Kier molecular flexibility index (Phi) is 8.37. The lowest BCUT2D eigenvalue weighted by Gasteiger charge is -2.30. The van der Waals surface area contributed by atoms with E-state index in [2.05, 4.69) is 60.2 Å². The highest BCUT2D eigenvalue weighted by molar-refractivity contribution is 5.88. The number of urea groups is 1. The van der Waals surface area contributed by atoms with Crippen LogP contribution >= 0.6 is 0 Å². The molecule has 1 saturated heterocycles. The van der Waals surface area contributed by atoms with Crippen LogP contribution in [-0.2, 0) is 9.59 Å². The number of aromatic nitrogens is 4. The first-order valence-electron chi connectivity index (χ1n) is 14.1. The zero-order chi connectivity index (χ0) is 29.8. The largest absolute Gasteiger partial charge is 0.341 e. The molecule has 11 heteroatoms. The normalized spacial score (nSPS) is 15.5. The molecule has 0 spiro atoms. The van der Waals surface area contributed by atoms with Crippen LogP contribution in [0, 0.1) is 5.92 Å². The molecule has 0 aliphatic carbocycles. The maximum absolute atomic E-state index is 13.4. The lowest BCUT2D eigenvalue weighted by molar-refractivity contribution is -0.135. The van der Waals surface area contributed by atoms with Crippen molar-refractivity contribution in [1.82, 2.24) is 35.5 Å². The minimum absolute atomic E-state index is 0.0497. The second-order valence-corrected chi connectivity index (χ2v) is 10.8. The fourth-order valence-electron chi connectivity index (χ4n) is 5.26. The van der Waals surface area contributed by atoms with Gasteiger partial charge in [-0.1, -0.05) is 62.4 Å². The molecule has 1 aliphatic heterocycles. The van der Waals surface area contributed by atoms with Crippen LogP contribution in [0.3, 0.4) is 0 Å². The van der Waals surface area contributed by atoms with Crippen molar-refractivity contribution in [1.29, 1.82) is 0 Å². The molecular formula is C31H36N8O3. The predicted octanol–water partition coefficient (Wildman–Crippen LogP) is 4.71. The number of carbonyl (C=O) groups excluding carboxylic acids is 3. The fourth-order valence-corrected chi connectivity index (χ4v) is 5.26. The Bertz CT molecular complexity index is 1560. The SMILES string of the molecule is CNC(=O)N[C@H](C(=O)N1CCC[C@H]1c1ncc(-c2ccc(-c3ccc(-c4cnc(NC(C)=O)[nH]4)cc3)cc2)[nH]1)C(C)C. The number of imidazole rings is 2. The molecule has 2 aromatic carbocycles. The molecule has 2 atom stereocenters. The number of rotatable bonds is 8. The van der Waals surface area contributed by atoms with Gasteiger partial charge in [-0.2, -0.15) is 0 Å². The van der Waals surface area contributed by atoms with Gasteiger partial charge < -0.3 is 25.5 Å². The van der Waals surface area contributed by atoms with Gasteiger partial charge in [-0.15, -0.1) is 0 Å². The number of likely N-dealkylation sites (tertiary alicyclic amines) is 1. The number of aromatic amines is 2. The Morgan fingerprint density at radius 3 is 2.02 bits per heavy atom. The van der Waals surface area contributed by atoms with Gasteiger partial charge in [-0.3, -0.25) is 14.9 Å². The zero-order valence-electron chi connectivity index (χ0n) is 24.2. The maximum Gasteiger partial charge on any atom is 0.315 e. The van der Waals surface area contributed by atoms with Crippen molar-refractivity contribution in [3.63, 3.8) is 0 Å². The fraction of sp³-hybridized carbons (Fsp3) is 0.323. The molecule has 1 fully saturated rings. The molecule has 2 aromatic heterocycles. The first-order chi connectivity index (χ1) is 20.2. The standard InChI is InChI=1S/C31H36N8O3/c1-18(2)27(38-31(42)32-4)29(41)39-15-5-6-26(39)28-33-16-24(36-28)22-11-7-20(8-12-22)21-9-13-23(14-10-21)25-17-34-30(37-25)35-19(3)40/h7-14,16-18,26-27H,5-6,15H2,1-4H3,(H,33,36)(H2,32,38,42)(H2,34,35,37,40)/t26-,27-/m0/s1. The van der Waals surface area contributed by atoms with Gasteiger partial charge in [0.05, 0.1) is 29.8 Å². The minimum atomic E-state index is -0.609. The third-order valence-electron chi connectivity index (χ3n) is 7.49. The third-order valence-corrected chi connectivity index (χ3v) is 7.49. The Hall–Kier alpha value is -4.93. The van der Waals surface area contributed by atoms with Crippen molar-refractivity contribution in [2.75, 3.05) is 18.9 Å². The van der Waals surface area contributed by atoms with Gasteiger partial charge in [-0.05, 0) is 41.0 Å². The second kappa shape index (κ2) is 12.3. The first-order valence-corrected chi connectivity index (χ1v) is 14.1. The van der Waals surface area contributed by atoms with Crippen LogP contribution in [0.5, 0.6) is 0 Å². The van der Waals surface area contributed by atoms with Crippen LogP contribution in [0.25, 0.3) is 33.6 Å². The smallest absolute Gasteiger partial charge is 0.315 e. The third kappa shape index (κ3) is 6.19. The number of hydrogen-bond acceptors (Lipinski definition) is 5. The summed E-state index contributed by atoms with van der Waals surface area (Å²) in [5.74, 6) is 0.850. The first kappa shape index (κ1) is 28.6. The predicted molar refractivity (Wildman–Crippen MR) is 161 cm³/mol. The van der Waals surface area contributed by atoms with Gasteiger partial charge in [0.15, 0.2) is 0 Å². The van der Waals surface area contributed by atoms with E-state index in [-0.39, 0.29) is 29.8 Å². The average Bonchev–Trinajstić information content (AvgIpc) is 3.76. The van der Waals surface area contributed by atoms with Gasteiger partial charge in [-0.25, -0.2) is 14.8 Å². The van der Waals surface area contributed by atoms with Crippen LogP contribution in [-0.4, -0.2) is 62.3 Å². The van der Waals surface area contributed by atoms with E-state index in [9.17, 15) is 14.4 Å². The molecule has 218 valence electrons. The number of anilines is 1. The topological polar surface area (TPSA) is 148 Å². The number of carbonyl (C=O) groups is 3. The summed E-state index contributed by atoms with van der Waals surface area (Å²) in [7, 11) is 1.54. The summed E-state index contributed by atoms with van der Waals surface area (Å²) in [6.07, 6.45) is 5.19. The molecule has 11 nitrogen and oxygen atoms in total. The highest BCUT2D eigenvalue weighted by Gasteiger charge is 2.37. The summed E-state index contributed by atoms with van der Waals surface area (Å²) in [5.41, 5.74) is 5.80. The van der Waals surface area contributed by atoms with Gasteiger partial charge in [0.2, 0.25) is 17.8 Å². The number of nitrogens with zero attached hydrogens (tertiary/aromatic N) is 3. The van der Waals surface area contributed by atoms with E-state index in [1.807, 2.05) is 49.2 Å². The molecule has 0 radical (unpaired) electrons. The lowest BCUT2D eigenvalue weighted by Crippen LogP contribution is -2.53. The van der Waals surface area contributed by atoms with Crippen LogP contribution < -0.4 is 16.0 Å². The lowest BCUT2D eigenvalue weighted by atomic mass is 10.0. The molecule has 3 heterocycles. The summed E-state index contributed by atoms with van der Waals surface area (Å²) in [6, 6.07) is 15.2. The summed E-state index contributed by atoms with van der Waals surface area (Å²) < 4.78 is 0. The Balaban J connectivity index is 1.27. The van der Waals surface area contributed by atoms with Crippen LogP contribution in [0.15, 0.2) is 60.9 Å². The van der Waals surface area contributed by atoms with Crippen LogP contribution in [0.4, 0.5) is 10.7 Å². The van der Waals surface area contributed by atoms with Crippen molar-refractivity contribution < 1.29 is 14.4 Å². The Morgan fingerprint density at radius 1 is 0.881 bits per heavy atom. The van der Waals surface area contributed by atoms with Crippen molar-refractivity contribution in [2.24, 2.45) is 5.92 Å². The minimum Gasteiger partial charge on any atom is -0.341 e. The summed E-state index contributed by atoms with van der Waals surface area (Å²) in [5, 5.41) is 7.97. The Labute approximate surface area is 244 Å². The quantitative estimate of drug-likeness (QED) is 0.209. The average molecular weight is 569 g/mol. The molecule has 1 aliphatic rings. The van der Waals surface area contributed by atoms with Gasteiger partial charge >= 0.3 is 6.03 Å².